The number of carbonyl (C=O) groups is 4. The van der Waals surface area contributed by atoms with E-state index in [1.165, 1.54) is 6.42 Å². The fraction of sp³-hybridized carbons (Fsp3) is 0.852. The molecule has 6 nitrogen and oxygen atoms in total. The fourth-order valence-corrected chi connectivity index (χ4v) is 4.27. The third kappa shape index (κ3) is 13.5. The van der Waals surface area contributed by atoms with Crippen LogP contribution in [-0.4, -0.2) is 41.7 Å². The van der Waals surface area contributed by atoms with E-state index in [1.54, 1.807) is 0 Å². The highest BCUT2D eigenvalue weighted by atomic mass is 32.1. The second-order valence-electron chi connectivity index (χ2n) is 11.0. The number of hydrogen-bond donors (Lipinski definition) is 3. The molecule has 0 aromatic heterocycles. The molecule has 0 fully saturated rings. The van der Waals surface area contributed by atoms with Crippen molar-refractivity contribution in [1.82, 2.24) is 10.6 Å². The standard InChI is InChI=1S/C27H50N2O4S/c1-8-10-11-12-13-14-20(16-21(30)18-34)24(31)17-22(27(5,6)7)25(32)29-23(15-19(3)4)26(33)28-9-2/h19-20,22-23,34H,8-18H2,1-7H3,(H,28,33)(H,29,32)/t20-,22-,23?/m1/s1. The van der Waals surface area contributed by atoms with Gasteiger partial charge in [0.15, 0.2) is 0 Å². The summed E-state index contributed by atoms with van der Waals surface area (Å²) >= 11 is 4.08. The normalized spacial score (nSPS) is 14.4. The Hall–Kier alpha value is -1.37. The number of amides is 2. The van der Waals surface area contributed by atoms with Crippen LogP contribution >= 0.6 is 12.6 Å². The fourth-order valence-electron chi connectivity index (χ4n) is 4.14. The summed E-state index contributed by atoms with van der Waals surface area (Å²) < 4.78 is 0. The number of rotatable bonds is 18. The van der Waals surface area contributed by atoms with Crippen LogP contribution in [-0.2, 0) is 19.2 Å². The summed E-state index contributed by atoms with van der Waals surface area (Å²) in [4.78, 5) is 51.3. The largest absolute Gasteiger partial charge is 0.355 e. The number of Topliss-reactive ketones (excluding diaryl/α,β-unsaturated/α-hetero) is 2. The highest BCUT2D eigenvalue weighted by Crippen LogP contribution is 2.32. The number of nitrogens with one attached hydrogen (secondary N) is 2. The molecule has 0 spiro atoms. The highest BCUT2D eigenvalue weighted by molar-refractivity contribution is 7.81. The minimum absolute atomic E-state index is 0.0414. The molecule has 0 radical (unpaired) electrons. The van der Waals surface area contributed by atoms with E-state index >= 15 is 0 Å². The van der Waals surface area contributed by atoms with Crippen molar-refractivity contribution >= 4 is 36.0 Å². The molecule has 0 aliphatic rings. The summed E-state index contributed by atoms with van der Waals surface area (Å²) in [6.45, 7) is 14.3. The van der Waals surface area contributed by atoms with E-state index in [-0.39, 0.29) is 53.8 Å². The van der Waals surface area contributed by atoms with Gasteiger partial charge in [0.05, 0.1) is 0 Å². The summed E-state index contributed by atoms with van der Waals surface area (Å²) in [5.74, 6) is -1.18. The second-order valence-corrected chi connectivity index (χ2v) is 11.3. The van der Waals surface area contributed by atoms with Crippen molar-refractivity contribution in [1.29, 1.82) is 0 Å². The molecule has 0 bridgehead atoms. The molecule has 0 aliphatic carbocycles. The maximum Gasteiger partial charge on any atom is 0.242 e. The van der Waals surface area contributed by atoms with E-state index in [0.717, 1.165) is 25.7 Å². The summed E-state index contributed by atoms with van der Waals surface area (Å²) in [6.07, 6.45) is 6.83. The molecule has 0 saturated heterocycles. The third-order valence-corrected chi connectivity index (χ3v) is 6.57. The number of likely N-dealkylation sites (N-methyl/N-ethyl adjacent to an activating group) is 1. The molecular formula is C27H50N2O4S. The Morgan fingerprint density at radius 2 is 1.50 bits per heavy atom. The Labute approximate surface area is 213 Å². The van der Waals surface area contributed by atoms with E-state index < -0.39 is 17.4 Å². The zero-order chi connectivity index (χ0) is 26.3. The lowest BCUT2D eigenvalue weighted by Gasteiger charge is -2.32. The van der Waals surface area contributed by atoms with Crippen molar-refractivity contribution in [2.75, 3.05) is 12.3 Å². The summed E-state index contributed by atoms with van der Waals surface area (Å²) in [5.41, 5.74) is -0.470. The first-order chi connectivity index (χ1) is 15.9. The Morgan fingerprint density at radius 1 is 0.882 bits per heavy atom. The van der Waals surface area contributed by atoms with Gasteiger partial charge in [0.25, 0.3) is 0 Å². The minimum Gasteiger partial charge on any atom is -0.355 e. The van der Waals surface area contributed by atoms with Gasteiger partial charge in [-0.1, -0.05) is 73.6 Å². The highest BCUT2D eigenvalue weighted by Gasteiger charge is 2.37. The van der Waals surface area contributed by atoms with Crippen LogP contribution in [0.15, 0.2) is 0 Å². The van der Waals surface area contributed by atoms with E-state index in [0.29, 0.717) is 19.4 Å². The number of ketones is 2. The summed E-state index contributed by atoms with van der Waals surface area (Å²) in [5, 5.41) is 5.71. The zero-order valence-electron chi connectivity index (χ0n) is 22.7. The van der Waals surface area contributed by atoms with Crippen LogP contribution in [0, 0.1) is 23.2 Å². The number of unbranched alkanes of at least 4 members (excludes halogenated alkanes) is 4. The Morgan fingerprint density at radius 3 is 2.00 bits per heavy atom. The molecule has 0 aromatic rings. The number of thiol groups is 1. The maximum atomic E-state index is 13.3. The molecule has 7 heteroatoms. The lowest BCUT2D eigenvalue weighted by molar-refractivity contribution is -0.137. The lowest BCUT2D eigenvalue weighted by atomic mass is 9.75. The Balaban J connectivity index is 5.50. The molecular weight excluding hydrogens is 448 g/mol. The third-order valence-electron chi connectivity index (χ3n) is 6.22. The van der Waals surface area contributed by atoms with E-state index in [1.807, 2.05) is 41.5 Å². The van der Waals surface area contributed by atoms with Crippen LogP contribution in [0.4, 0.5) is 0 Å². The molecule has 0 aliphatic heterocycles. The van der Waals surface area contributed by atoms with Gasteiger partial charge in [-0.15, -0.1) is 0 Å². The predicted octanol–water partition coefficient (Wildman–Crippen LogP) is 5.14. The van der Waals surface area contributed by atoms with Gasteiger partial charge < -0.3 is 10.6 Å². The van der Waals surface area contributed by atoms with Crippen LogP contribution in [0.1, 0.15) is 106 Å². The number of hydrogen-bond acceptors (Lipinski definition) is 5. The van der Waals surface area contributed by atoms with Crippen molar-refractivity contribution in [3.8, 4) is 0 Å². The van der Waals surface area contributed by atoms with Crippen LogP contribution in [0.2, 0.25) is 0 Å². The molecule has 0 aromatic carbocycles. The zero-order valence-corrected chi connectivity index (χ0v) is 23.6. The molecule has 198 valence electrons. The molecule has 2 N–H and O–H groups in total. The van der Waals surface area contributed by atoms with Gasteiger partial charge in [0, 0.05) is 37.0 Å². The average Bonchev–Trinajstić information content (AvgIpc) is 2.74. The van der Waals surface area contributed by atoms with Crippen molar-refractivity contribution in [3.05, 3.63) is 0 Å². The van der Waals surface area contributed by atoms with Crippen molar-refractivity contribution in [2.45, 2.75) is 112 Å². The molecule has 0 rings (SSSR count). The van der Waals surface area contributed by atoms with Crippen LogP contribution in [0.3, 0.4) is 0 Å². The van der Waals surface area contributed by atoms with Gasteiger partial charge in [0.2, 0.25) is 11.8 Å². The Kier molecular flexibility index (Phi) is 16.4. The first-order valence-electron chi connectivity index (χ1n) is 13.1. The second kappa shape index (κ2) is 17.1. The predicted molar refractivity (Wildman–Crippen MR) is 143 cm³/mol. The molecule has 3 atom stereocenters. The monoisotopic (exact) mass is 498 g/mol. The van der Waals surface area contributed by atoms with Gasteiger partial charge in [0.1, 0.15) is 17.6 Å². The average molecular weight is 499 g/mol. The minimum atomic E-state index is -0.632. The van der Waals surface area contributed by atoms with Gasteiger partial charge >= 0.3 is 0 Å². The van der Waals surface area contributed by atoms with E-state index in [9.17, 15) is 19.2 Å². The SMILES string of the molecule is CCCCCCC[C@H](CC(=O)CS)C(=O)C[C@H](C(=O)NC(CC(C)C)C(=O)NCC)C(C)(C)C. The summed E-state index contributed by atoms with van der Waals surface area (Å²) in [7, 11) is 0. The van der Waals surface area contributed by atoms with Gasteiger partial charge in [-0.25, -0.2) is 0 Å². The van der Waals surface area contributed by atoms with Crippen LogP contribution in [0.25, 0.3) is 0 Å². The van der Waals surface area contributed by atoms with Crippen LogP contribution in [0.5, 0.6) is 0 Å². The topological polar surface area (TPSA) is 92.3 Å². The summed E-state index contributed by atoms with van der Waals surface area (Å²) in [6, 6.07) is -0.632. The number of carbonyl (C=O) groups excluding carboxylic acids is 4. The molecule has 0 heterocycles. The molecule has 0 saturated carbocycles. The molecule has 1 unspecified atom stereocenters. The first kappa shape index (κ1) is 32.6. The first-order valence-corrected chi connectivity index (χ1v) is 13.7. The van der Waals surface area contributed by atoms with Gasteiger partial charge in [-0.3, -0.25) is 19.2 Å². The van der Waals surface area contributed by atoms with E-state index in [4.69, 9.17) is 0 Å². The van der Waals surface area contributed by atoms with Gasteiger partial charge in [-0.2, -0.15) is 12.6 Å². The van der Waals surface area contributed by atoms with E-state index in [2.05, 4.69) is 30.2 Å². The van der Waals surface area contributed by atoms with Crippen LogP contribution < -0.4 is 10.6 Å². The van der Waals surface area contributed by atoms with Gasteiger partial charge in [-0.05, 0) is 31.1 Å². The smallest absolute Gasteiger partial charge is 0.242 e. The van der Waals surface area contributed by atoms with Crippen molar-refractivity contribution in [3.63, 3.8) is 0 Å². The maximum absolute atomic E-state index is 13.3. The van der Waals surface area contributed by atoms with Crippen molar-refractivity contribution < 1.29 is 19.2 Å². The lowest BCUT2D eigenvalue weighted by Crippen LogP contribution is -2.51. The van der Waals surface area contributed by atoms with Crippen molar-refractivity contribution in [2.24, 2.45) is 23.2 Å². The molecule has 34 heavy (non-hydrogen) atoms. The quantitative estimate of drug-likeness (QED) is 0.180. The molecule has 2 amide bonds. The Bertz CT molecular complexity index is 643.